The summed E-state index contributed by atoms with van der Waals surface area (Å²) in [6.45, 7) is 3.83. The van der Waals surface area contributed by atoms with E-state index in [-0.39, 0.29) is 0 Å². The SMILES string of the molecule is Cc1c(-c2cccc(-c3c(C)c4c(ccc5ccccc54)oc3=O)n2)c(=O)oc2ccc3ccccc3c12. The van der Waals surface area contributed by atoms with Gasteiger partial charge in [-0.05, 0) is 70.8 Å². The van der Waals surface area contributed by atoms with Crippen molar-refractivity contribution in [3.05, 3.63) is 123 Å². The predicted octanol–water partition coefficient (Wildman–Crippen LogP) is 7.55. The Labute approximate surface area is 216 Å². The van der Waals surface area contributed by atoms with Crippen LogP contribution in [0.2, 0.25) is 0 Å². The van der Waals surface area contributed by atoms with Gasteiger partial charge < -0.3 is 8.83 Å². The van der Waals surface area contributed by atoms with E-state index < -0.39 is 11.3 Å². The fraction of sp³-hybridized carbons (Fsp3) is 0.0606. The summed E-state index contributed by atoms with van der Waals surface area (Å²) < 4.78 is 11.5. The third kappa shape index (κ3) is 3.22. The largest absolute Gasteiger partial charge is 0.422 e. The van der Waals surface area contributed by atoms with Crippen molar-refractivity contribution in [1.29, 1.82) is 0 Å². The molecule has 0 fully saturated rings. The number of pyridine rings is 1. The van der Waals surface area contributed by atoms with Gasteiger partial charge in [-0.2, -0.15) is 0 Å². The second-order valence-electron chi connectivity index (χ2n) is 9.51. The Morgan fingerprint density at radius 3 is 1.45 bits per heavy atom. The van der Waals surface area contributed by atoms with Crippen LogP contribution in [0.4, 0.5) is 0 Å². The lowest BCUT2D eigenvalue weighted by molar-refractivity contribution is 0.562. The Morgan fingerprint density at radius 1 is 0.526 bits per heavy atom. The molecule has 3 aromatic heterocycles. The van der Waals surface area contributed by atoms with Crippen LogP contribution in [0, 0.1) is 13.8 Å². The molecule has 5 nitrogen and oxygen atoms in total. The molecule has 0 aliphatic rings. The van der Waals surface area contributed by atoms with Crippen molar-refractivity contribution in [2.75, 3.05) is 0 Å². The summed E-state index contributed by atoms with van der Waals surface area (Å²) in [4.78, 5) is 31.2. The molecule has 0 spiro atoms. The molecule has 7 rings (SSSR count). The third-order valence-electron chi connectivity index (χ3n) is 7.36. The lowest BCUT2D eigenvalue weighted by Gasteiger charge is -2.12. The zero-order valence-electron chi connectivity index (χ0n) is 20.7. The molecular weight excluding hydrogens is 474 g/mol. The first-order chi connectivity index (χ1) is 18.5. The van der Waals surface area contributed by atoms with E-state index in [9.17, 15) is 9.59 Å². The molecule has 0 radical (unpaired) electrons. The van der Waals surface area contributed by atoms with Crippen molar-refractivity contribution in [3.8, 4) is 22.5 Å². The summed E-state index contributed by atoms with van der Waals surface area (Å²) in [5, 5.41) is 5.86. The van der Waals surface area contributed by atoms with Crippen LogP contribution in [0.3, 0.4) is 0 Å². The molecular formula is C33H21NO4. The smallest absolute Gasteiger partial charge is 0.346 e. The molecule has 38 heavy (non-hydrogen) atoms. The van der Waals surface area contributed by atoms with Gasteiger partial charge in [-0.25, -0.2) is 14.6 Å². The first kappa shape index (κ1) is 22.2. The van der Waals surface area contributed by atoms with Crippen molar-refractivity contribution < 1.29 is 8.83 Å². The Morgan fingerprint density at radius 2 is 0.974 bits per heavy atom. The van der Waals surface area contributed by atoms with E-state index in [2.05, 4.69) is 0 Å². The number of rotatable bonds is 2. The van der Waals surface area contributed by atoms with Crippen LogP contribution in [0.15, 0.2) is 109 Å². The van der Waals surface area contributed by atoms with Crippen molar-refractivity contribution in [3.63, 3.8) is 0 Å². The number of aromatic nitrogens is 1. The normalized spacial score (nSPS) is 11.6. The molecule has 0 atom stereocenters. The van der Waals surface area contributed by atoms with E-state index >= 15 is 0 Å². The minimum atomic E-state index is -0.469. The van der Waals surface area contributed by atoms with Crippen LogP contribution in [0.5, 0.6) is 0 Å². The molecule has 7 aromatic rings. The van der Waals surface area contributed by atoms with Gasteiger partial charge in [0.05, 0.1) is 22.5 Å². The summed E-state index contributed by atoms with van der Waals surface area (Å²) in [6, 6.07) is 28.9. The fourth-order valence-corrected chi connectivity index (χ4v) is 5.61. The molecule has 0 saturated heterocycles. The van der Waals surface area contributed by atoms with E-state index in [1.165, 1.54) is 0 Å². The van der Waals surface area contributed by atoms with Crippen LogP contribution < -0.4 is 11.3 Å². The molecule has 4 aromatic carbocycles. The Hall–Kier alpha value is -5.03. The highest BCUT2D eigenvalue weighted by atomic mass is 16.4. The van der Waals surface area contributed by atoms with Gasteiger partial charge in [0.25, 0.3) is 0 Å². The number of hydrogen-bond donors (Lipinski definition) is 0. The van der Waals surface area contributed by atoms with E-state index in [1.807, 2.05) is 86.6 Å². The van der Waals surface area contributed by atoms with Gasteiger partial charge in [-0.15, -0.1) is 0 Å². The van der Waals surface area contributed by atoms with Crippen LogP contribution in [-0.2, 0) is 0 Å². The van der Waals surface area contributed by atoms with Crippen molar-refractivity contribution in [1.82, 2.24) is 4.98 Å². The first-order valence-corrected chi connectivity index (χ1v) is 12.4. The number of aryl methyl sites for hydroxylation is 2. The van der Waals surface area contributed by atoms with Gasteiger partial charge in [0.2, 0.25) is 0 Å². The molecule has 3 heterocycles. The van der Waals surface area contributed by atoms with Gasteiger partial charge in [0.1, 0.15) is 11.2 Å². The molecule has 0 aliphatic carbocycles. The number of fused-ring (bicyclic) bond motifs is 6. The lowest BCUT2D eigenvalue weighted by Crippen LogP contribution is -2.10. The summed E-state index contributed by atoms with van der Waals surface area (Å²) >= 11 is 0. The van der Waals surface area contributed by atoms with E-state index in [4.69, 9.17) is 13.8 Å². The Balaban J connectivity index is 1.50. The van der Waals surface area contributed by atoms with E-state index in [0.29, 0.717) is 33.7 Å². The summed E-state index contributed by atoms with van der Waals surface area (Å²) in [6.07, 6.45) is 0. The first-order valence-electron chi connectivity index (χ1n) is 12.4. The number of hydrogen-bond acceptors (Lipinski definition) is 5. The highest BCUT2D eigenvalue weighted by Gasteiger charge is 2.20. The zero-order valence-corrected chi connectivity index (χ0v) is 20.7. The van der Waals surface area contributed by atoms with Gasteiger partial charge in [-0.3, -0.25) is 0 Å². The lowest BCUT2D eigenvalue weighted by atomic mass is 9.96. The van der Waals surface area contributed by atoms with Gasteiger partial charge in [-0.1, -0.05) is 66.7 Å². The molecule has 5 heteroatoms. The van der Waals surface area contributed by atoms with Crippen LogP contribution in [-0.4, -0.2) is 4.98 Å². The van der Waals surface area contributed by atoms with Crippen LogP contribution >= 0.6 is 0 Å². The molecule has 0 saturated carbocycles. The Kier molecular flexibility index (Phi) is 4.82. The average molecular weight is 496 g/mol. The maximum atomic E-state index is 13.2. The van der Waals surface area contributed by atoms with Crippen molar-refractivity contribution in [2.24, 2.45) is 0 Å². The molecule has 0 bridgehead atoms. The predicted molar refractivity (Wildman–Crippen MR) is 152 cm³/mol. The van der Waals surface area contributed by atoms with E-state index in [1.54, 1.807) is 18.2 Å². The quantitative estimate of drug-likeness (QED) is 0.183. The molecule has 0 amide bonds. The van der Waals surface area contributed by atoms with Crippen molar-refractivity contribution >= 4 is 43.5 Å². The average Bonchev–Trinajstić information content (AvgIpc) is 2.92. The monoisotopic (exact) mass is 495 g/mol. The zero-order chi connectivity index (χ0) is 26.0. The minimum absolute atomic E-state index is 0.379. The van der Waals surface area contributed by atoms with Gasteiger partial charge in [0, 0.05) is 10.8 Å². The fourth-order valence-electron chi connectivity index (χ4n) is 5.61. The molecule has 0 unspecified atom stereocenters. The number of benzene rings is 4. The van der Waals surface area contributed by atoms with Crippen LogP contribution in [0.25, 0.3) is 66.0 Å². The second kappa shape index (κ2) is 8.25. The maximum Gasteiger partial charge on any atom is 0.346 e. The van der Waals surface area contributed by atoms with Gasteiger partial charge >= 0.3 is 11.3 Å². The highest BCUT2D eigenvalue weighted by Crippen LogP contribution is 2.34. The summed E-state index contributed by atoms with van der Waals surface area (Å²) in [5.41, 5.74) is 3.34. The second-order valence-corrected chi connectivity index (χ2v) is 9.51. The standard InChI is InChI=1S/C33H21NO4/c1-18-28-22-10-5-3-8-20(22)14-16-26(28)37-32(35)30(18)24-12-7-13-25(34-24)31-19(2)29-23-11-6-4-9-21(23)15-17-27(29)38-33(31)36/h3-17H,1-2H3. The molecule has 0 N–H and O–H groups in total. The highest BCUT2D eigenvalue weighted by molar-refractivity contribution is 6.09. The maximum absolute atomic E-state index is 13.2. The minimum Gasteiger partial charge on any atom is -0.422 e. The topological polar surface area (TPSA) is 73.3 Å². The van der Waals surface area contributed by atoms with Gasteiger partial charge in [0.15, 0.2) is 0 Å². The Bertz CT molecular complexity index is 2050. The summed E-state index contributed by atoms with van der Waals surface area (Å²) in [5.74, 6) is 0. The number of nitrogens with zero attached hydrogens (tertiary/aromatic N) is 1. The van der Waals surface area contributed by atoms with Crippen LogP contribution in [0.1, 0.15) is 11.1 Å². The molecule has 182 valence electrons. The van der Waals surface area contributed by atoms with Crippen molar-refractivity contribution in [2.45, 2.75) is 13.8 Å². The summed E-state index contributed by atoms with van der Waals surface area (Å²) in [7, 11) is 0. The van der Waals surface area contributed by atoms with E-state index in [0.717, 1.165) is 43.4 Å². The third-order valence-corrected chi connectivity index (χ3v) is 7.36. The molecule has 0 aliphatic heterocycles.